The second-order valence-corrected chi connectivity index (χ2v) is 3.04. The summed E-state index contributed by atoms with van der Waals surface area (Å²) in [4.78, 5) is 10.6. The summed E-state index contributed by atoms with van der Waals surface area (Å²) in [6.45, 7) is 4.92. The summed E-state index contributed by atoms with van der Waals surface area (Å²) in [5.41, 5.74) is 6.93. The summed E-state index contributed by atoms with van der Waals surface area (Å²) in [6.07, 6.45) is 0.935. The number of rotatable bonds is 4. The van der Waals surface area contributed by atoms with E-state index in [9.17, 15) is 4.79 Å². The van der Waals surface area contributed by atoms with E-state index >= 15 is 0 Å². The lowest BCUT2D eigenvalue weighted by Crippen LogP contribution is -2.19. The second kappa shape index (κ2) is 8.73. The van der Waals surface area contributed by atoms with E-state index in [1.165, 1.54) is 5.56 Å². The number of nitrogens with two attached hydrogens (primary N) is 1. The molecule has 0 aliphatic rings. The van der Waals surface area contributed by atoms with Gasteiger partial charge >= 0.3 is 6.03 Å². The number of likely N-dealkylation sites (N-methyl/N-ethyl adjacent to an activating group) is 1. The topological polar surface area (TPSA) is 67.2 Å². The minimum atomic E-state index is -0.532. The van der Waals surface area contributed by atoms with E-state index in [4.69, 9.17) is 5.73 Å². The molecule has 0 spiro atoms. The lowest BCUT2D eigenvalue weighted by molar-refractivity contribution is 0.259. The number of urea groups is 1. The highest BCUT2D eigenvalue weighted by atomic mass is 16.2. The van der Waals surface area contributed by atoms with E-state index in [-0.39, 0.29) is 0 Å². The zero-order valence-corrected chi connectivity index (χ0v) is 10.2. The summed E-state index contributed by atoms with van der Waals surface area (Å²) in [7, 11) is 1.91. The van der Waals surface area contributed by atoms with Crippen molar-refractivity contribution in [1.29, 1.82) is 0 Å². The number of carbonyl (C=O) groups excluding carboxylic acids is 1. The number of nitrogens with one attached hydrogen (secondary N) is 2. The Hall–Kier alpha value is -1.55. The van der Waals surface area contributed by atoms with Crippen LogP contribution in [0, 0.1) is 0 Å². The van der Waals surface area contributed by atoms with Gasteiger partial charge < -0.3 is 16.4 Å². The number of hydrogen-bond acceptors (Lipinski definition) is 2. The van der Waals surface area contributed by atoms with Crippen LogP contribution in [0.3, 0.4) is 0 Å². The van der Waals surface area contributed by atoms with Crippen molar-refractivity contribution >= 4 is 11.7 Å². The molecule has 0 aromatic heterocycles. The normalized spacial score (nSPS) is 8.94. The van der Waals surface area contributed by atoms with Crippen molar-refractivity contribution in [2.24, 2.45) is 5.73 Å². The molecule has 0 bridgehead atoms. The molecule has 2 amide bonds. The molecule has 4 heteroatoms. The molecule has 1 aromatic carbocycles. The number of primary amides is 1. The summed E-state index contributed by atoms with van der Waals surface area (Å²) < 4.78 is 0. The van der Waals surface area contributed by atoms with Crippen molar-refractivity contribution in [3.05, 3.63) is 29.8 Å². The van der Waals surface area contributed by atoms with Crippen molar-refractivity contribution < 1.29 is 4.79 Å². The van der Waals surface area contributed by atoms with Crippen LogP contribution in [0.5, 0.6) is 0 Å². The highest BCUT2D eigenvalue weighted by Gasteiger charge is 1.97. The first-order chi connectivity index (χ1) is 7.72. The Labute approximate surface area is 97.2 Å². The van der Waals surface area contributed by atoms with Gasteiger partial charge in [0.05, 0.1) is 0 Å². The average Bonchev–Trinajstić information content (AvgIpc) is 2.29. The van der Waals surface area contributed by atoms with E-state index in [2.05, 4.69) is 10.6 Å². The molecule has 0 aliphatic carbocycles. The van der Waals surface area contributed by atoms with Crippen molar-refractivity contribution in [3.63, 3.8) is 0 Å². The van der Waals surface area contributed by atoms with Gasteiger partial charge in [0, 0.05) is 5.69 Å². The van der Waals surface area contributed by atoms with Gasteiger partial charge in [0.2, 0.25) is 0 Å². The Bertz CT molecular complexity index is 313. The minimum absolute atomic E-state index is 0.532. The van der Waals surface area contributed by atoms with E-state index < -0.39 is 6.03 Å². The fourth-order valence-electron chi connectivity index (χ4n) is 1.22. The van der Waals surface area contributed by atoms with Crippen LogP contribution in [0.1, 0.15) is 19.4 Å². The molecule has 0 aliphatic heterocycles. The Kier molecular flexibility index (Phi) is 7.89. The lowest BCUT2D eigenvalue weighted by Gasteiger charge is -2.04. The Morgan fingerprint density at radius 2 is 2.06 bits per heavy atom. The van der Waals surface area contributed by atoms with Crippen molar-refractivity contribution in [3.8, 4) is 0 Å². The predicted octanol–water partition coefficient (Wildman–Crippen LogP) is 1.97. The second-order valence-electron chi connectivity index (χ2n) is 3.04. The first-order valence-corrected chi connectivity index (χ1v) is 5.52. The van der Waals surface area contributed by atoms with Crippen LogP contribution in [0.2, 0.25) is 0 Å². The van der Waals surface area contributed by atoms with E-state index in [1.54, 1.807) is 0 Å². The lowest BCUT2D eigenvalue weighted by atomic mass is 10.1. The van der Waals surface area contributed by atoms with Crippen molar-refractivity contribution in [2.75, 3.05) is 18.9 Å². The SMILES string of the molecule is CC.CNCCc1cccc(NC(N)=O)c1. The molecule has 0 saturated carbocycles. The average molecular weight is 223 g/mol. The van der Waals surface area contributed by atoms with Gasteiger partial charge in [-0.25, -0.2) is 4.79 Å². The molecule has 0 heterocycles. The van der Waals surface area contributed by atoms with Crippen LogP contribution in [0.25, 0.3) is 0 Å². The maximum atomic E-state index is 10.6. The maximum Gasteiger partial charge on any atom is 0.316 e. The van der Waals surface area contributed by atoms with Crippen LogP contribution in [-0.4, -0.2) is 19.6 Å². The monoisotopic (exact) mass is 223 g/mol. The summed E-state index contributed by atoms with van der Waals surface area (Å²) in [6, 6.07) is 7.12. The van der Waals surface area contributed by atoms with Crippen LogP contribution in [-0.2, 0) is 6.42 Å². The van der Waals surface area contributed by atoms with Crippen LogP contribution in [0.4, 0.5) is 10.5 Å². The Morgan fingerprint density at radius 1 is 1.38 bits per heavy atom. The zero-order chi connectivity index (χ0) is 12.4. The quantitative estimate of drug-likeness (QED) is 0.730. The number of benzene rings is 1. The minimum Gasteiger partial charge on any atom is -0.351 e. The van der Waals surface area contributed by atoms with Crippen molar-refractivity contribution in [2.45, 2.75) is 20.3 Å². The third-order valence-electron chi connectivity index (χ3n) is 1.86. The van der Waals surface area contributed by atoms with E-state index in [1.807, 2.05) is 45.2 Å². The van der Waals surface area contributed by atoms with E-state index in [0.29, 0.717) is 0 Å². The number of carbonyl (C=O) groups is 1. The molecular weight excluding hydrogens is 202 g/mol. The van der Waals surface area contributed by atoms with Crippen molar-refractivity contribution in [1.82, 2.24) is 5.32 Å². The van der Waals surface area contributed by atoms with Gasteiger partial charge in [-0.15, -0.1) is 0 Å². The molecule has 0 fully saturated rings. The van der Waals surface area contributed by atoms with Gasteiger partial charge in [0.15, 0.2) is 0 Å². The number of amides is 2. The first-order valence-electron chi connectivity index (χ1n) is 5.52. The molecule has 4 N–H and O–H groups in total. The summed E-state index contributed by atoms with van der Waals surface area (Å²) in [5, 5.41) is 5.60. The fourth-order valence-corrected chi connectivity index (χ4v) is 1.22. The third kappa shape index (κ3) is 6.03. The number of hydrogen-bond donors (Lipinski definition) is 3. The molecule has 0 unspecified atom stereocenters. The van der Waals surface area contributed by atoms with Crippen LogP contribution < -0.4 is 16.4 Å². The standard InChI is InChI=1S/C10H15N3O.C2H6/c1-12-6-5-8-3-2-4-9(7-8)13-10(11)14;1-2/h2-4,7,12H,5-6H2,1H3,(H3,11,13,14);1-2H3. The van der Waals surface area contributed by atoms with Gasteiger partial charge in [-0.2, -0.15) is 0 Å². The highest BCUT2D eigenvalue weighted by molar-refractivity contribution is 5.87. The molecule has 0 radical (unpaired) electrons. The van der Waals surface area contributed by atoms with Gasteiger partial charge in [-0.05, 0) is 37.7 Å². The molecule has 0 atom stereocenters. The third-order valence-corrected chi connectivity index (χ3v) is 1.86. The van der Waals surface area contributed by atoms with Gasteiger partial charge in [-0.1, -0.05) is 26.0 Å². The van der Waals surface area contributed by atoms with Crippen LogP contribution in [0.15, 0.2) is 24.3 Å². The van der Waals surface area contributed by atoms with Gasteiger partial charge in [0.25, 0.3) is 0 Å². The summed E-state index contributed by atoms with van der Waals surface area (Å²) in [5.74, 6) is 0. The van der Waals surface area contributed by atoms with Crippen LogP contribution >= 0.6 is 0 Å². The fraction of sp³-hybridized carbons (Fsp3) is 0.417. The Balaban J connectivity index is 0.00000106. The predicted molar refractivity (Wildman–Crippen MR) is 68.6 cm³/mol. The molecule has 1 rings (SSSR count). The van der Waals surface area contributed by atoms with Gasteiger partial charge in [-0.3, -0.25) is 0 Å². The first kappa shape index (κ1) is 14.5. The molecule has 4 nitrogen and oxygen atoms in total. The molecule has 16 heavy (non-hydrogen) atoms. The smallest absolute Gasteiger partial charge is 0.316 e. The zero-order valence-electron chi connectivity index (χ0n) is 10.2. The molecule has 0 saturated heterocycles. The molecule has 90 valence electrons. The molecular formula is C12H21N3O. The highest BCUT2D eigenvalue weighted by Crippen LogP contribution is 2.10. The Morgan fingerprint density at radius 3 is 2.62 bits per heavy atom. The largest absolute Gasteiger partial charge is 0.351 e. The summed E-state index contributed by atoms with van der Waals surface area (Å²) >= 11 is 0. The maximum absolute atomic E-state index is 10.6. The van der Waals surface area contributed by atoms with E-state index in [0.717, 1.165) is 18.7 Å². The van der Waals surface area contributed by atoms with Gasteiger partial charge in [0.1, 0.15) is 0 Å². The number of anilines is 1. The molecule has 1 aromatic rings.